The molecule has 7 heteroatoms. The minimum absolute atomic E-state index is 0.242. The lowest BCUT2D eigenvalue weighted by atomic mass is 10.0. The number of carbonyl (C=O) groups is 2. The topological polar surface area (TPSA) is 79.9 Å². The first-order chi connectivity index (χ1) is 16.0. The molecule has 0 aromatic heterocycles. The molecule has 2 N–H and O–H groups in total. The Hall–Kier alpha value is -4.00. The van der Waals surface area contributed by atoms with Crippen LogP contribution in [0.2, 0.25) is 0 Å². The molecule has 3 rings (SSSR count). The lowest BCUT2D eigenvalue weighted by molar-refractivity contribution is -0.131. The van der Waals surface area contributed by atoms with Gasteiger partial charge in [-0.05, 0) is 55.0 Å². The van der Waals surface area contributed by atoms with Crippen LogP contribution in [0.4, 0.5) is 5.69 Å². The highest BCUT2D eigenvalue weighted by Gasteiger charge is 2.26. The van der Waals surface area contributed by atoms with E-state index in [1.165, 1.54) is 5.01 Å². The van der Waals surface area contributed by atoms with Crippen molar-refractivity contribution in [2.75, 3.05) is 26.2 Å². The number of anilines is 1. The van der Waals surface area contributed by atoms with Crippen molar-refractivity contribution in [1.29, 1.82) is 0 Å². The fraction of sp³-hybridized carbons (Fsp3) is 0.231. The number of rotatable bonds is 10. The van der Waals surface area contributed by atoms with Crippen LogP contribution in [0.15, 0.2) is 78.9 Å². The molecule has 1 unspecified atom stereocenters. The van der Waals surface area contributed by atoms with Crippen molar-refractivity contribution in [3.63, 3.8) is 0 Å². The number of nitrogens with one attached hydrogen (secondary N) is 2. The van der Waals surface area contributed by atoms with Crippen molar-refractivity contribution in [3.05, 3.63) is 90.0 Å². The quantitative estimate of drug-likeness (QED) is 0.461. The van der Waals surface area contributed by atoms with Gasteiger partial charge in [-0.25, -0.2) is 0 Å². The van der Waals surface area contributed by atoms with Crippen LogP contribution in [0.3, 0.4) is 0 Å². The zero-order chi connectivity index (χ0) is 23.6. The number of nitrogens with zero attached hydrogens (tertiary/aromatic N) is 1. The van der Waals surface area contributed by atoms with Gasteiger partial charge in [0.25, 0.3) is 11.8 Å². The Morgan fingerprint density at radius 1 is 0.879 bits per heavy atom. The summed E-state index contributed by atoms with van der Waals surface area (Å²) in [4.78, 5) is 26.5. The Balaban J connectivity index is 1.81. The summed E-state index contributed by atoms with van der Waals surface area (Å²) in [6, 6.07) is 23.0. The molecule has 33 heavy (non-hydrogen) atoms. The second-order valence-electron chi connectivity index (χ2n) is 7.37. The largest absolute Gasteiger partial charge is 0.497 e. The van der Waals surface area contributed by atoms with E-state index in [1.807, 2.05) is 61.5 Å². The van der Waals surface area contributed by atoms with E-state index in [4.69, 9.17) is 9.47 Å². The summed E-state index contributed by atoms with van der Waals surface area (Å²) in [5.74, 6) is 0.712. The number of carbonyl (C=O) groups excluding carboxylic acids is 2. The lowest BCUT2D eigenvalue weighted by Gasteiger charge is -2.28. The van der Waals surface area contributed by atoms with E-state index in [0.717, 1.165) is 17.0 Å². The molecule has 0 fully saturated rings. The van der Waals surface area contributed by atoms with Gasteiger partial charge in [-0.15, -0.1) is 0 Å². The third-order valence-electron chi connectivity index (χ3n) is 5.15. The molecule has 0 bridgehead atoms. The monoisotopic (exact) mass is 447 g/mol. The van der Waals surface area contributed by atoms with E-state index < -0.39 is 6.04 Å². The molecule has 0 aliphatic carbocycles. The summed E-state index contributed by atoms with van der Waals surface area (Å²) in [5.41, 5.74) is 5.24. The number of ether oxygens (including phenoxy) is 2. The molecule has 0 aliphatic rings. The maximum atomic E-state index is 13.5. The summed E-state index contributed by atoms with van der Waals surface area (Å²) in [6.07, 6.45) is 0.357. The van der Waals surface area contributed by atoms with E-state index in [2.05, 4.69) is 10.7 Å². The molecule has 0 heterocycles. The number of benzene rings is 3. The predicted molar refractivity (Wildman–Crippen MR) is 128 cm³/mol. The third-order valence-corrected chi connectivity index (χ3v) is 5.15. The minimum atomic E-state index is -0.767. The van der Waals surface area contributed by atoms with Crippen LogP contribution >= 0.6 is 0 Å². The van der Waals surface area contributed by atoms with Crippen molar-refractivity contribution in [2.45, 2.75) is 19.4 Å². The molecule has 0 aliphatic heterocycles. The van der Waals surface area contributed by atoms with Crippen LogP contribution in [0.1, 0.15) is 22.8 Å². The smallest absolute Gasteiger partial charge is 0.263 e. The number of hydrogen-bond donors (Lipinski definition) is 2. The van der Waals surface area contributed by atoms with Gasteiger partial charge in [0.1, 0.15) is 17.5 Å². The molecule has 0 saturated heterocycles. The summed E-state index contributed by atoms with van der Waals surface area (Å²) >= 11 is 0. The number of hydrazine groups is 1. The molecule has 0 spiro atoms. The number of hydrogen-bond acceptors (Lipinski definition) is 5. The average molecular weight is 448 g/mol. The van der Waals surface area contributed by atoms with Gasteiger partial charge in [-0.1, -0.05) is 36.4 Å². The average Bonchev–Trinajstić information content (AvgIpc) is 2.87. The van der Waals surface area contributed by atoms with Crippen molar-refractivity contribution in [2.24, 2.45) is 0 Å². The SMILES string of the molecule is CCN(Nc1ccc(OC)cc1)C(=O)C(Cc1ccccc1)NC(=O)c1cccc(OC)c1. The van der Waals surface area contributed by atoms with Gasteiger partial charge < -0.3 is 14.8 Å². The fourth-order valence-electron chi connectivity index (χ4n) is 3.36. The fourth-order valence-corrected chi connectivity index (χ4v) is 3.36. The molecular formula is C26H29N3O4. The number of likely N-dealkylation sites (N-methyl/N-ethyl adjacent to an activating group) is 1. The molecule has 3 aromatic carbocycles. The highest BCUT2D eigenvalue weighted by molar-refractivity contribution is 5.98. The van der Waals surface area contributed by atoms with Crippen LogP contribution in [0.5, 0.6) is 11.5 Å². The maximum absolute atomic E-state index is 13.5. The van der Waals surface area contributed by atoms with Crippen LogP contribution in [0, 0.1) is 0 Å². The Morgan fingerprint density at radius 3 is 2.21 bits per heavy atom. The Kier molecular flexibility index (Phi) is 8.30. The molecule has 1 atom stereocenters. The van der Waals surface area contributed by atoms with Gasteiger partial charge in [0.2, 0.25) is 0 Å². The molecule has 7 nitrogen and oxygen atoms in total. The third kappa shape index (κ3) is 6.49. The first-order valence-corrected chi connectivity index (χ1v) is 10.7. The molecule has 172 valence electrons. The first kappa shape index (κ1) is 23.7. The Labute approximate surface area is 194 Å². The molecule has 0 saturated carbocycles. The zero-order valence-corrected chi connectivity index (χ0v) is 19.1. The van der Waals surface area contributed by atoms with E-state index in [1.54, 1.807) is 38.5 Å². The normalized spacial score (nSPS) is 11.2. The summed E-state index contributed by atoms with van der Waals surface area (Å²) in [7, 11) is 3.15. The molecule has 2 amide bonds. The van der Waals surface area contributed by atoms with Gasteiger partial charge in [-0.3, -0.25) is 20.0 Å². The number of methoxy groups -OCH3 is 2. The minimum Gasteiger partial charge on any atom is -0.497 e. The zero-order valence-electron chi connectivity index (χ0n) is 19.1. The van der Waals surface area contributed by atoms with E-state index in [9.17, 15) is 9.59 Å². The van der Waals surface area contributed by atoms with Crippen LogP contribution < -0.4 is 20.2 Å². The molecule has 0 radical (unpaired) electrons. The lowest BCUT2D eigenvalue weighted by Crippen LogP contribution is -2.51. The summed E-state index contributed by atoms with van der Waals surface area (Å²) in [6.45, 7) is 2.28. The van der Waals surface area contributed by atoms with Gasteiger partial charge >= 0.3 is 0 Å². The maximum Gasteiger partial charge on any atom is 0.263 e. The number of amides is 2. The highest BCUT2D eigenvalue weighted by atomic mass is 16.5. The van der Waals surface area contributed by atoms with Gasteiger partial charge in [0.15, 0.2) is 0 Å². The Bertz CT molecular complexity index is 1050. The van der Waals surface area contributed by atoms with Crippen LogP contribution in [0.25, 0.3) is 0 Å². The predicted octanol–water partition coefficient (Wildman–Crippen LogP) is 3.92. The van der Waals surface area contributed by atoms with Gasteiger partial charge in [0.05, 0.1) is 19.9 Å². The van der Waals surface area contributed by atoms with Crippen LogP contribution in [-0.4, -0.2) is 43.6 Å². The van der Waals surface area contributed by atoms with Crippen molar-refractivity contribution < 1.29 is 19.1 Å². The van der Waals surface area contributed by atoms with Gasteiger partial charge in [-0.2, -0.15) is 0 Å². The standard InChI is InChI=1S/C26H29N3O4/c1-4-29(28-21-13-15-22(32-2)16-14-21)26(31)24(17-19-9-6-5-7-10-19)27-25(30)20-11-8-12-23(18-20)33-3/h5-16,18,24,28H,4,17H2,1-3H3,(H,27,30). The molecule has 3 aromatic rings. The Morgan fingerprint density at radius 2 is 1.58 bits per heavy atom. The van der Waals surface area contributed by atoms with Gasteiger partial charge in [0, 0.05) is 18.5 Å². The summed E-state index contributed by atoms with van der Waals surface area (Å²) in [5, 5.41) is 4.41. The highest BCUT2D eigenvalue weighted by Crippen LogP contribution is 2.17. The van der Waals surface area contributed by atoms with Crippen molar-refractivity contribution >= 4 is 17.5 Å². The second-order valence-corrected chi connectivity index (χ2v) is 7.37. The van der Waals surface area contributed by atoms with Crippen molar-refractivity contribution in [3.8, 4) is 11.5 Å². The first-order valence-electron chi connectivity index (χ1n) is 10.7. The van der Waals surface area contributed by atoms with Crippen LogP contribution in [-0.2, 0) is 11.2 Å². The van der Waals surface area contributed by atoms with E-state index >= 15 is 0 Å². The molecular weight excluding hydrogens is 418 g/mol. The van der Waals surface area contributed by atoms with Crippen molar-refractivity contribution in [1.82, 2.24) is 10.3 Å². The van der Waals surface area contributed by atoms with E-state index in [0.29, 0.717) is 24.3 Å². The van der Waals surface area contributed by atoms with E-state index in [-0.39, 0.29) is 11.8 Å². The summed E-state index contributed by atoms with van der Waals surface area (Å²) < 4.78 is 10.4. The second kappa shape index (κ2) is 11.6.